The molecule has 0 radical (unpaired) electrons. The van der Waals surface area contributed by atoms with Crippen LogP contribution in [0.5, 0.6) is 5.75 Å². The molecule has 1 atom stereocenters. The van der Waals surface area contributed by atoms with Crippen LogP contribution in [0.25, 0.3) is 0 Å². The number of pyridine rings is 1. The number of nitrogens with one attached hydrogen (secondary N) is 1. The Bertz CT molecular complexity index is 1270. The summed E-state index contributed by atoms with van der Waals surface area (Å²) in [7, 11) is 1.40. The van der Waals surface area contributed by atoms with E-state index in [0.717, 1.165) is 29.7 Å². The summed E-state index contributed by atoms with van der Waals surface area (Å²) in [6.07, 6.45) is 2.60. The topological polar surface area (TPSA) is 113 Å². The quantitative estimate of drug-likeness (QED) is 0.530. The molecule has 1 fully saturated rings. The summed E-state index contributed by atoms with van der Waals surface area (Å²) in [6, 6.07) is 6.26. The number of aliphatic hydroxyl groups is 1. The lowest BCUT2D eigenvalue weighted by molar-refractivity contribution is -0.150. The number of aromatic nitrogens is 1. The number of nitrogens with zero attached hydrogens (tertiary/aromatic N) is 3. The molecule has 2 amide bonds. The number of amides is 2. The molecule has 1 unspecified atom stereocenters. The Morgan fingerprint density at radius 1 is 1.26 bits per heavy atom. The average Bonchev–Trinajstić information content (AvgIpc) is 3.41. The molecule has 0 saturated carbocycles. The van der Waals surface area contributed by atoms with Crippen LogP contribution in [0.2, 0.25) is 0 Å². The molecule has 1 aromatic carbocycles. The first kappa shape index (κ1) is 28.5. The summed E-state index contributed by atoms with van der Waals surface area (Å²) in [6.45, 7) is 8.23. The van der Waals surface area contributed by atoms with Crippen molar-refractivity contribution >= 4 is 17.5 Å². The lowest BCUT2D eigenvalue weighted by Gasteiger charge is -2.36. The van der Waals surface area contributed by atoms with Gasteiger partial charge in [-0.1, -0.05) is 18.1 Å². The molecule has 9 nitrogen and oxygen atoms in total. The Labute approximate surface area is 228 Å². The number of likely N-dealkylation sites (tertiary alicyclic amines) is 1. The fourth-order valence-corrected chi connectivity index (χ4v) is 5.25. The molecule has 0 bridgehead atoms. The second-order valence-electron chi connectivity index (χ2n) is 10.7. The van der Waals surface area contributed by atoms with Gasteiger partial charge in [-0.15, -0.1) is 0 Å². The second-order valence-corrected chi connectivity index (χ2v) is 10.7. The molecule has 2 aromatic rings. The van der Waals surface area contributed by atoms with E-state index in [1.807, 2.05) is 13.8 Å². The van der Waals surface area contributed by atoms with E-state index in [1.54, 1.807) is 23.1 Å². The summed E-state index contributed by atoms with van der Waals surface area (Å²) in [4.78, 5) is 37.9. The van der Waals surface area contributed by atoms with Crippen molar-refractivity contribution in [3.63, 3.8) is 0 Å². The van der Waals surface area contributed by atoms with Crippen LogP contribution < -0.4 is 10.1 Å². The largest absolute Gasteiger partial charge is 0.494 e. The standard InChI is InChI=1S/C29H37FN4O5/c1-6-20-17(2)32-23(14-21(20)27(35)31-16-18-7-8-22(30)26(13-18)38-5)24-15-25(39-33-24)19-9-11-34(12-10-19)28(36)29(3,4)37/h7-8,13-14,19,25,37H,6,9-12,15-16H2,1-5H3,(H,31,35). The van der Waals surface area contributed by atoms with E-state index in [9.17, 15) is 19.1 Å². The fourth-order valence-electron chi connectivity index (χ4n) is 5.25. The summed E-state index contributed by atoms with van der Waals surface area (Å²) < 4.78 is 18.8. The van der Waals surface area contributed by atoms with Crippen molar-refractivity contribution in [2.24, 2.45) is 11.1 Å². The average molecular weight is 541 g/mol. The van der Waals surface area contributed by atoms with Gasteiger partial charge < -0.3 is 24.9 Å². The lowest BCUT2D eigenvalue weighted by Crippen LogP contribution is -2.49. The number of halogens is 1. The number of ether oxygens (including phenoxy) is 1. The van der Waals surface area contributed by atoms with Gasteiger partial charge in [0.15, 0.2) is 11.6 Å². The number of carbonyl (C=O) groups is 2. The fraction of sp³-hybridized carbons (Fsp3) is 0.517. The molecule has 0 aliphatic carbocycles. The van der Waals surface area contributed by atoms with Gasteiger partial charge in [-0.25, -0.2) is 4.39 Å². The number of carbonyl (C=O) groups excluding carboxylic acids is 2. The van der Waals surface area contributed by atoms with Crippen LogP contribution >= 0.6 is 0 Å². The number of hydrogen-bond donors (Lipinski definition) is 2. The van der Waals surface area contributed by atoms with Crippen molar-refractivity contribution in [3.05, 3.63) is 58.2 Å². The zero-order valence-electron chi connectivity index (χ0n) is 23.2. The van der Waals surface area contributed by atoms with Crippen LogP contribution in [-0.4, -0.2) is 64.4 Å². The third-order valence-electron chi connectivity index (χ3n) is 7.46. The molecule has 2 N–H and O–H groups in total. The normalized spacial score (nSPS) is 18.0. The first-order valence-corrected chi connectivity index (χ1v) is 13.4. The molecule has 10 heteroatoms. The maximum Gasteiger partial charge on any atom is 0.253 e. The summed E-state index contributed by atoms with van der Waals surface area (Å²) in [5.41, 5.74) is 2.78. The highest BCUT2D eigenvalue weighted by Crippen LogP contribution is 2.31. The lowest BCUT2D eigenvalue weighted by atomic mass is 9.87. The number of oxime groups is 1. The minimum absolute atomic E-state index is 0.126. The van der Waals surface area contributed by atoms with E-state index < -0.39 is 11.4 Å². The molecule has 4 rings (SSSR count). The van der Waals surface area contributed by atoms with Gasteiger partial charge in [0.05, 0.1) is 12.8 Å². The number of piperidine rings is 1. The van der Waals surface area contributed by atoms with Crippen LogP contribution in [0.3, 0.4) is 0 Å². The van der Waals surface area contributed by atoms with E-state index in [0.29, 0.717) is 42.9 Å². The summed E-state index contributed by atoms with van der Waals surface area (Å²) >= 11 is 0. The molecule has 2 aliphatic rings. The van der Waals surface area contributed by atoms with E-state index in [4.69, 9.17) is 14.6 Å². The first-order valence-electron chi connectivity index (χ1n) is 13.4. The molecule has 3 heterocycles. The smallest absolute Gasteiger partial charge is 0.253 e. The van der Waals surface area contributed by atoms with Crippen molar-refractivity contribution in [1.29, 1.82) is 0 Å². The molecule has 210 valence electrons. The predicted molar refractivity (Wildman–Crippen MR) is 144 cm³/mol. The van der Waals surface area contributed by atoms with Crippen molar-refractivity contribution in [2.45, 2.75) is 71.6 Å². The third kappa shape index (κ3) is 6.38. The van der Waals surface area contributed by atoms with Gasteiger partial charge in [-0.3, -0.25) is 14.6 Å². The van der Waals surface area contributed by atoms with Crippen LogP contribution in [0.4, 0.5) is 4.39 Å². The number of hydrogen-bond acceptors (Lipinski definition) is 7. The number of methoxy groups -OCH3 is 1. The number of aryl methyl sites for hydroxylation is 1. The van der Waals surface area contributed by atoms with E-state index in [1.165, 1.54) is 27.0 Å². The molecule has 2 aliphatic heterocycles. The SMILES string of the molecule is CCc1c(C(=O)NCc2ccc(F)c(OC)c2)cc(C2=NOC(C3CCN(C(=O)C(C)(C)O)CC3)C2)nc1C. The molecule has 39 heavy (non-hydrogen) atoms. The van der Waals surface area contributed by atoms with Crippen LogP contribution in [0, 0.1) is 18.7 Å². The van der Waals surface area contributed by atoms with Gasteiger partial charge in [0.25, 0.3) is 11.8 Å². The van der Waals surface area contributed by atoms with Crippen molar-refractivity contribution in [1.82, 2.24) is 15.2 Å². The van der Waals surface area contributed by atoms with Gasteiger partial charge in [0, 0.05) is 43.2 Å². The van der Waals surface area contributed by atoms with E-state index in [-0.39, 0.29) is 36.1 Å². The van der Waals surface area contributed by atoms with Crippen molar-refractivity contribution < 1.29 is 28.7 Å². The minimum atomic E-state index is -1.38. The Morgan fingerprint density at radius 3 is 2.62 bits per heavy atom. The Balaban J connectivity index is 1.42. The highest BCUT2D eigenvalue weighted by atomic mass is 19.1. The number of rotatable bonds is 8. The molecule has 1 saturated heterocycles. The van der Waals surface area contributed by atoms with Crippen molar-refractivity contribution in [2.75, 3.05) is 20.2 Å². The first-order chi connectivity index (χ1) is 18.5. The second kappa shape index (κ2) is 11.7. The molecule has 1 aromatic heterocycles. The molecular formula is C29H37FN4O5. The highest BCUT2D eigenvalue weighted by Gasteiger charge is 2.37. The zero-order chi connectivity index (χ0) is 28.3. The number of benzene rings is 1. The maximum atomic E-state index is 13.7. The monoisotopic (exact) mass is 540 g/mol. The minimum Gasteiger partial charge on any atom is -0.494 e. The van der Waals surface area contributed by atoms with Crippen molar-refractivity contribution in [3.8, 4) is 5.75 Å². The summed E-state index contributed by atoms with van der Waals surface area (Å²) in [5.74, 6) is -0.613. The van der Waals surface area contributed by atoms with Gasteiger partial charge in [0.2, 0.25) is 0 Å². The molecule has 0 spiro atoms. The van der Waals surface area contributed by atoms with Crippen LogP contribution in [-0.2, 0) is 22.6 Å². The Morgan fingerprint density at radius 2 is 1.97 bits per heavy atom. The summed E-state index contributed by atoms with van der Waals surface area (Å²) in [5, 5.41) is 17.3. The van der Waals surface area contributed by atoms with Gasteiger partial charge in [-0.2, -0.15) is 0 Å². The Kier molecular flexibility index (Phi) is 8.54. The van der Waals surface area contributed by atoms with E-state index >= 15 is 0 Å². The van der Waals surface area contributed by atoms with Gasteiger partial charge in [-0.05, 0) is 69.4 Å². The van der Waals surface area contributed by atoms with Gasteiger partial charge >= 0.3 is 0 Å². The predicted octanol–water partition coefficient (Wildman–Crippen LogP) is 3.53. The maximum absolute atomic E-state index is 13.7. The highest BCUT2D eigenvalue weighted by molar-refractivity contribution is 6.03. The Hall–Kier alpha value is -3.53. The van der Waals surface area contributed by atoms with Crippen LogP contribution in [0.15, 0.2) is 29.4 Å². The zero-order valence-corrected chi connectivity index (χ0v) is 23.2. The van der Waals surface area contributed by atoms with Crippen LogP contribution in [0.1, 0.15) is 72.9 Å². The van der Waals surface area contributed by atoms with Gasteiger partial charge in [0.1, 0.15) is 17.4 Å². The molecular weight excluding hydrogens is 503 g/mol. The van der Waals surface area contributed by atoms with E-state index in [2.05, 4.69) is 10.5 Å². The third-order valence-corrected chi connectivity index (χ3v) is 7.46.